The lowest BCUT2D eigenvalue weighted by atomic mass is 10.1. The first-order valence-electron chi connectivity index (χ1n) is 6.80. The van der Waals surface area contributed by atoms with E-state index in [2.05, 4.69) is 0 Å². The monoisotopic (exact) mass is 360 g/mol. The lowest BCUT2D eigenvalue weighted by Crippen LogP contribution is -2.32. The molecule has 2 aromatic carbocycles. The first-order chi connectivity index (χ1) is 11.3. The number of hydrogen-bond donors (Lipinski definition) is 0. The zero-order valence-corrected chi connectivity index (χ0v) is 13.7. The zero-order chi connectivity index (χ0) is 17.5. The molecule has 0 saturated carbocycles. The van der Waals surface area contributed by atoms with Crippen LogP contribution in [-0.4, -0.2) is 30.4 Å². The molecule has 0 aliphatic carbocycles. The van der Waals surface area contributed by atoms with Crippen LogP contribution in [0.3, 0.4) is 0 Å². The molecule has 0 spiro atoms. The van der Waals surface area contributed by atoms with Gasteiger partial charge in [-0.1, -0.05) is 41.9 Å². The summed E-state index contributed by atoms with van der Waals surface area (Å²) in [7, 11) is 0.787. The lowest BCUT2D eigenvalue weighted by molar-refractivity contribution is -0.109. The third-order valence-corrected chi connectivity index (χ3v) is 4.70. The highest BCUT2D eigenvalue weighted by molar-refractivity contribution is 8.11. The molecule has 3 rings (SSSR count). The average molecular weight is 361 g/mol. The summed E-state index contributed by atoms with van der Waals surface area (Å²) >= 11 is 5.90. The number of nitrogens with zero attached hydrogens (tertiary/aromatic N) is 2. The second-order valence-corrected chi connectivity index (χ2v) is 6.92. The van der Waals surface area contributed by atoms with E-state index in [4.69, 9.17) is 18.7 Å². The van der Waals surface area contributed by atoms with Crippen molar-refractivity contribution in [3.05, 3.63) is 69.6 Å². The number of hydrogen-bond acceptors (Lipinski definition) is 4. The van der Waals surface area contributed by atoms with Crippen molar-refractivity contribution in [1.29, 1.82) is 0 Å². The maximum absolute atomic E-state index is 12.7. The highest BCUT2D eigenvalue weighted by Crippen LogP contribution is 2.24. The van der Waals surface area contributed by atoms with Gasteiger partial charge in [0, 0.05) is 5.02 Å². The molecular weight excluding hydrogens is 351 g/mol. The highest BCUT2D eigenvalue weighted by Gasteiger charge is 2.25. The van der Waals surface area contributed by atoms with Crippen LogP contribution in [-0.2, 0) is 14.7 Å². The number of benzene rings is 2. The summed E-state index contributed by atoms with van der Waals surface area (Å²) in [4.78, 5) is 24.3. The molecule has 0 fully saturated rings. The van der Waals surface area contributed by atoms with Crippen molar-refractivity contribution in [2.45, 2.75) is 6.04 Å². The van der Waals surface area contributed by atoms with E-state index >= 15 is 0 Å². The summed E-state index contributed by atoms with van der Waals surface area (Å²) < 4.78 is 25.2. The van der Waals surface area contributed by atoms with Crippen LogP contribution in [0.5, 0.6) is 0 Å². The van der Waals surface area contributed by atoms with E-state index < -0.39 is 21.6 Å². The minimum atomic E-state index is -4.37. The number of carbonyl (C=O) groups is 1. The number of rotatable bonds is 4. The minimum absolute atomic E-state index is 0.0118. The molecule has 0 aliphatic heterocycles. The van der Waals surface area contributed by atoms with Gasteiger partial charge in [0.05, 0.1) is 11.0 Å². The number of fused-ring (bicyclic) bond motifs is 1. The average Bonchev–Trinajstić information content (AvgIpc) is 2.81. The molecule has 1 atom stereocenters. The maximum Gasteiger partial charge on any atom is 0.343 e. The van der Waals surface area contributed by atoms with Crippen LogP contribution in [0.1, 0.15) is 11.6 Å². The Morgan fingerprint density at radius 2 is 1.75 bits per heavy atom. The summed E-state index contributed by atoms with van der Waals surface area (Å²) in [5.41, 5.74) is -0.147. The van der Waals surface area contributed by atoms with Crippen molar-refractivity contribution in [2.75, 3.05) is 0 Å². The van der Waals surface area contributed by atoms with Gasteiger partial charge in [0.1, 0.15) is 12.3 Å². The molecule has 3 aromatic rings. The van der Waals surface area contributed by atoms with Gasteiger partial charge in [0.15, 0.2) is 9.87 Å². The fraction of sp³-hybridized carbons (Fsp3) is 0.0667. The molecule has 0 aliphatic rings. The predicted octanol–water partition coefficient (Wildman–Crippen LogP) is 1.51. The summed E-state index contributed by atoms with van der Waals surface area (Å²) in [6.45, 7) is 0. The fourth-order valence-electron chi connectivity index (χ4n) is 2.62. The Hall–Kier alpha value is -2.32. The van der Waals surface area contributed by atoms with Crippen LogP contribution < -0.4 is 5.69 Å². The molecule has 0 amide bonds. The molecule has 0 saturated heterocycles. The van der Waals surface area contributed by atoms with E-state index in [-0.39, 0.29) is 16.1 Å². The summed E-state index contributed by atoms with van der Waals surface area (Å²) in [5, 5.41) is 0.236. The zero-order valence-electron chi connectivity index (χ0n) is 12.2. The van der Waals surface area contributed by atoms with E-state index in [9.17, 15) is 18.0 Å². The van der Waals surface area contributed by atoms with Crippen LogP contribution in [0.25, 0.3) is 11.0 Å². The van der Waals surface area contributed by atoms with Crippen molar-refractivity contribution in [2.24, 2.45) is 0 Å². The normalized spacial score (nSPS) is 13.0. The summed E-state index contributed by atoms with van der Waals surface area (Å²) in [5.74, 6) is 0. The smallest absolute Gasteiger partial charge is 0.301 e. The van der Waals surface area contributed by atoms with Gasteiger partial charge >= 0.3 is 5.69 Å². The van der Waals surface area contributed by atoms with Crippen molar-refractivity contribution in [3.63, 3.8) is 0 Å². The highest BCUT2D eigenvalue weighted by atomic mass is 35.5. The SMILES string of the molecule is [B]S(=O)(=O)n1c(=O)n(C(C=O)c2ccccc2)c2ccc(Cl)cc21. The number of aldehydes is 1. The largest absolute Gasteiger partial charge is 0.343 e. The summed E-state index contributed by atoms with van der Waals surface area (Å²) in [6, 6.07) is 11.8. The van der Waals surface area contributed by atoms with Crippen LogP contribution in [0, 0.1) is 0 Å². The standard InChI is InChI=1S/C15H10BClN2O4S/c16-24(22,23)19-13-8-11(17)6-7-12(13)18(15(19)21)14(9-20)10-4-2-1-3-5-10/h1-9,14H. The van der Waals surface area contributed by atoms with Gasteiger partial charge in [0.2, 0.25) is 0 Å². The molecular formula is C15H10BClN2O4S. The fourth-order valence-corrected chi connectivity index (χ4v) is 3.51. The Labute approximate surface area is 143 Å². The van der Waals surface area contributed by atoms with Crippen LogP contribution >= 0.6 is 11.6 Å². The van der Waals surface area contributed by atoms with Gasteiger partial charge in [-0.3, -0.25) is 4.57 Å². The van der Waals surface area contributed by atoms with E-state index in [0.29, 0.717) is 15.8 Å². The number of halogens is 1. The van der Waals surface area contributed by atoms with E-state index in [0.717, 1.165) is 4.57 Å². The Balaban J connectivity index is 2.43. The van der Waals surface area contributed by atoms with E-state index in [1.807, 2.05) is 0 Å². The Kier molecular flexibility index (Phi) is 4.10. The second-order valence-electron chi connectivity index (χ2n) is 5.09. The maximum atomic E-state index is 12.7. The van der Waals surface area contributed by atoms with Gasteiger partial charge in [-0.15, -0.1) is 0 Å². The predicted molar refractivity (Wildman–Crippen MR) is 91.9 cm³/mol. The van der Waals surface area contributed by atoms with Crippen molar-refractivity contribution in [3.8, 4) is 0 Å². The third kappa shape index (κ3) is 2.68. The molecule has 24 heavy (non-hydrogen) atoms. The minimum Gasteiger partial charge on any atom is -0.301 e. The first kappa shape index (κ1) is 16.5. The Morgan fingerprint density at radius 3 is 2.33 bits per heavy atom. The van der Waals surface area contributed by atoms with Crippen LogP contribution in [0.4, 0.5) is 0 Å². The van der Waals surface area contributed by atoms with Crippen LogP contribution in [0.2, 0.25) is 5.02 Å². The topological polar surface area (TPSA) is 78.1 Å². The number of aromatic nitrogens is 2. The van der Waals surface area contributed by atoms with Crippen molar-refractivity contribution >= 4 is 45.9 Å². The van der Waals surface area contributed by atoms with Crippen molar-refractivity contribution in [1.82, 2.24) is 8.54 Å². The Bertz CT molecular complexity index is 1090. The molecule has 1 heterocycles. The molecule has 120 valence electrons. The number of carbonyl (C=O) groups excluding carboxylic acids is 1. The quantitative estimate of drug-likeness (QED) is 0.522. The molecule has 2 radical (unpaired) electrons. The molecule has 1 aromatic heterocycles. The van der Waals surface area contributed by atoms with Gasteiger partial charge in [-0.25, -0.2) is 13.2 Å². The van der Waals surface area contributed by atoms with Gasteiger partial charge in [-0.05, 0) is 23.8 Å². The molecule has 0 bridgehead atoms. The van der Waals surface area contributed by atoms with E-state index in [1.165, 1.54) is 18.2 Å². The van der Waals surface area contributed by atoms with Crippen LogP contribution in [0.15, 0.2) is 53.3 Å². The van der Waals surface area contributed by atoms with Crippen molar-refractivity contribution < 1.29 is 13.2 Å². The molecule has 9 heteroatoms. The van der Waals surface area contributed by atoms with E-state index in [1.54, 1.807) is 30.3 Å². The summed E-state index contributed by atoms with van der Waals surface area (Å²) in [6.07, 6.45) is 0.568. The number of imidazole rings is 1. The molecule has 1 unspecified atom stereocenters. The third-order valence-electron chi connectivity index (χ3n) is 3.60. The first-order valence-corrected chi connectivity index (χ1v) is 8.68. The lowest BCUT2D eigenvalue weighted by Gasteiger charge is -2.12. The van der Waals surface area contributed by atoms with Gasteiger partial charge < -0.3 is 4.79 Å². The van der Waals surface area contributed by atoms with Gasteiger partial charge in [0.25, 0.3) is 7.12 Å². The second kappa shape index (κ2) is 5.96. The molecule has 0 N–H and O–H groups in total. The Morgan fingerprint density at radius 1 is 1.08 bits per heavy atom. The molecule has 6 nitrogen and oxygen atoms in total. The van der Waals surface area contributed by atoms with Gasteiger partial charge in [-0.2, -0.15) is 3.97 Å².